The van der Waals surface area contributed by atoms with Crippen molar-refractivity contribution in [2.45, 2.75) is 25.2 Å². The van der Waals surface area contributed by atoms with Gasteiger partial charge in [-0.15, -0.1) is 0 Å². The minimum absolute atomic E-state index is 0.0921. The molecule has 0 aliphatic carbocycles. The Labute approximate surface area is 131 Å². The lowest BCUT2D eigenvalue weighted by atomic mass is 9.85. The Balaban J connectivity index is 1.66. The van der Waals surface area contributed by atoms with Gasteiger partial charge >= 0.3 is 0 Å². The molecule has 3 heteroatoms. The predicted octanol–water partition coefficient (Wildman–Crippen LogP) is 3.64. The van der Waals surface area contributed by atoms with E-state index >= 15 is 0 Å². The third-order valence-corrected chi connectivity index (χ3v) is 4.48. The summed E-state index contributed by atoms with van der Waals surface area (Å²) >= 11 is 0. The van der Waals surface area contributed by atoms with Crippen molar-refractivity contribution in [1.29, 1.82) is 0 Å². The molecule has 0 spiro atoms. The summed E-state index contributed by atoms with van der Waals surface area (Å²) in [5.41, 5.74) is 2.43. The van der Waals surface area contributed by atoms with E-state index in [1.54, 1.807) is 0 Å². The summed E-state index contributed by atoms with van der Waals surface area (Å²) in [7, 11) is 0. The van der Waals surface area contributed by atoms with E-state index in [9.17, 15) is 10.0 Å². The number of carbonyl (C=O) groups excluding carboxylic acids is 1. The first kappa shape index (κ1) is 14.8. The van der Waals surface area contributed by atoms with Gasteiger partial charge in [0.2, 0.25) is 5.91 Å². The first-order chi connectivity index (χ1) is 10.8. The Bertz CT molecular complexity index is 612. The largest absolute Gasteiger partial charge is 0.286 e. The van der Waals surface area contributed by atoms with Crippen molar-refractivity contribution in [1.82, 2.24) is 5.06 Å². The van der Waals surface area contributed by atoms with Crippen LogP contribution in [0.4, 0.5) is 0 Å². The van der Waals surface area contributed by atoms with Gasteiger partial charge in [0.05, 0.1) is 6.54 Å². The molecule has 3 rings (SSSR count). The van der Waals surface area contributed by atoms with Gasteiger partial charge in [0, 0.05) is 11.8 Å². The van der Waals surface area contributed by atoms with Crippen LogP contribution in [0.2, 0.25) is 0 Å². The number of nitrogens with zero attached hydrogens (tertiary/aromatic N) is 1. The van der Waals surface area contributed by atoms with Gasteiger partial charge in [-0.1, -0.05) is 60.7 Å². The molecule has 2 aromatic rings. The zero-order valence-electron chi connectivity index (χ0n) is 12.6. The molecule has 1 N–H and O–H groups in total. The fourth-order valence-corrected chi connectivity index (χ4v) is 3.30. The Kier molecular flexibility index (Phi) is 4.54. The maximum absolute atomic E-state index is 12.2. The van der Waals surface area contributed by atoms with Crippen molar-refractivity contribution >= 4 is 5.91 Å². The predicted molar refractivity (Wildman–Crippen MR) is 85.6 cm³/mol. The topological polar surface area (TPSA) is 40.5 Å². The van der Waals surface area contributed by atoms with Crippen LogP contribution in [0.25, 0.3) is 0 Å². The first-order valence-corrected chi connectivity index (χ1v) is 7.85. The highest BCUT2D eigenvalue weighted by atomic mass is 16.5. The van der Waals surface area contributed by atoms with Gasteiger partial charge in [0.15, 0.2) is 0 Å². The Hall–Kier alpha value is -2.13. The first-order valence-electron chi connectivity index (χ1n) is 7.85. The highest BCUT2D eigenvalue weighted by molar-refractivity contribution is 5.81. The minimum atomic E-state index is -0.137. The minimum Gasteiger partial charge on any atom is -0.286 e. The zero-order chi connectivity index (χ0) is 15.4. The molecule has 0 radical (unpaired) electrons. The van der Waals surface area contributed by atoms with Crippen molar-refractivity contribution in [3.63, 3.8) is 0 Å². The lowest BCUT2D eigenvalue weighted by Crippen LogP contribution is -2.23. The summed E-state index contributed by atoms with van der Waals surface area (Å²) in [6, 6.07) is 20.4. The molecule has 3 nitrogen and oxygen atoms in total. The van der Waals surface area contributed by atoms with E-state index in [1.165, 1.54) is 5.56 Å². The van der Waals surface area contributed by atoms with Gasteiger partial charge in [0.1, 0.15) is 0 Å². The van der Waals surface area contributed by atoms with Crippen LogP contribution in [0.5, 0.6) is 0 Å². The number of hydroxylamine groups is 2. The zero-order valence-corrected chi connectivity index (χ0v) is 12.6. The molecule has 0 bridgehead atoms. The Morgan fingerprint density at radius 3 is 2.32 bits per heavy atom. The molecule has 2 aromatic carbocycles. The number of rotatable bonds is 5. The molecular formula is C19H21NO2. The van der Waals surface area contributed by atoms with Gasteiger partial charge in [-0.05, 0) is 30.4 Å². The van der Waals surface area contributed by atoms with E-state index in [4.69, 9.17) is 0 Å². The highest BCUT2D eigenvalue weighted by Gasteiger charge is 2.40. The normalized spacial score (nSPS) is 21.3. The molecule has 22 heavy (non-hydrogen) atoms. The van der Waals surface area contributed by atoms with Crippen LogP contribution in [0.15, 0.2) is 60.7 Å². The summed E-state index contributed by atoms with van der Waals surface area (Å²) in [4.78, 5) is 12.2. The van der Waals surface area contributed by atoms with Gasteiger partial charge in [-0.2, -0.15) is 0 Å². The summed E-state index contributed by atoms with van der Waals surface area (Å²) in [5, 5.41) is 10.7. The van der Waals surface area contributed by atoms with Crippen LogP contribution < -0.4 is 0 Å². The lowest BCUT2D eigenvalue weighted by molar-refractivity contribution is -0.160. The monoisotopic (exact) mass is 295 g/mol. The number of carbonyl (C=O) groups is 1. The third kappa shape index (κ3) is 3.20. The summed E-state index contributed by atoms with van der Waals surface area (Å²) in [5.74, 6) is -0.160. The van der Waals surface area contributed by atoms with Gasteiger partial charge < -0.3 is 0 Å². The molecule has 0 aromatic heterocycles. The average molecular weight is 295 g/mol. The molecule has 1 heterocycles. The SMILES string of the molecule is O=C1[C@@H](CCCc2ccccc2)[C@H](c2ccccc2)CN1O. The molecule has 1 fully saturated rings. The molecule has 1 saturated heterocycles. The molecule has 1 aliphatic heterocycles. The van der Waals surface area contributed by atoms with E-state index < -0.39 is 0 Å². The molecule has 0 saturated carbocycles. The highest BCUT2D eigenvalue weighted by Crippen LogP contribution is 2.35. The van der Waals surface area contributed by atoms with E-state index in [-0.39, 0.29) is 17.7 Å². The molecule has 1 aliphatic rings. The number of benzene rings is 2. The molecular weight excluding hydrogens is 274 g/mol. The van der Waals surface area contributed by atoms with Gasteiger partial charge in [-0.25, -0.2) is 5.06 Å². The molecule has 1 amide bonds. The second kappa shape index (κ2) is 6.75. The number of amides is 1. The quantitative estimate of drug-likeness (QED) is 0.856. The summed E-state index contributed by atoms with van der Waals surface area (Å²) < 4.78 is 0. The second-order valence-electron chi connectivity index (χ2n) is 5.92. The van der Waals surface area contributed by atoms with Crippen LogP contribution in [0.3, 0.4) is 0 Å². The number of aryl methyl sites for hydroxylation is 1. The van der Waals surface area contributed by atoms with Crippen molar-refractivity contribution in [3.8, 4) is 0 Å². The van der Waals surface area contributed by atoms with Crippen LogP contribution in [-0.4, -0.2) is 22.7 Å². The summed E-state index contributed by atoms with van der Waals surface area (Å²) in [6.45, 7) is 0.402. The van der Waals surface area contributed by atoms with Crippen LogP contribution in [0.1, 0.15) is 29.9 Å². The van der Waals surface area contributed by atoms with Crippen molar-refractivity contribution in [3.05, 3.63) is 71.8 Å². The van der Waals surface area contributed by atoms with Crippen molar-refractivity contribution in [2.75, 3.05) is 6.54 Å². The Morgan fingerprint density at radius 2 is 1.64 bits per heavy atom. The lowest BCUT2D eigenvalue weighted by Gasteiger charge is -2.16. The maximum Gasteiger partial charge on any atom is 0.249 e. The molecule has 114 valence electrons. The maximum atomic E-state index is 12.2. The fraction of sp³-hybridized carbons (Fsp3) is 0.316. The molecule has 2 atom stereocenters. The third-order valence-electron chi connectivity index (χ3n) is 4.48. The smallest absolute Gasteiger partial charge is 0.249 e. The van der Waals surface area contributed by atoms with E-state index in [1.807, 2.05) is 48.5 Å². The van der Waals surface area contributed by atoms with Crippen molar-refractivity contribution in [2.24, 2.45) is 5.92 Å². The van der Waals surface area contributed by atoms with E-state index in [2.05, 4.69) is 12.1 Å². The van der Waals surface area contributed by atoms with Gasteiger partial charge in [0.25, 0.3) is 0 Å². The second-order valence-corrected chi connectivity index (χ2v) is 5.92. The molecule has 0 unspecified atom stereocenters. The van der Waals surface area contributed by atoms with Crippen LogP contribution in [-0.2, 0) is 11.2 Å². The van der Waals surface area contributed by atoms with Gasteiger partial charge in [-0.3, -0.25) is 10.0 Å². The average Bonchev–Trinajstić information content (AvgIpc) is 2.85. The van der Waals surface area contributed by atoms with Crippen LogP contribution in [0, 0.1) is 5.92 Å². The Morgan fingerprint density at radius 1 is 1.00 bits per heavy atom. The fourth-order valence-electron chi connectivity index (χ4n) is 3.30. The standard InChI is InChI=1S/C19H21NO2/c21-19-17(13-7-10-15-8-3-1-4-9-15)18(14-20(19)22)16-11-5-2-6-12-16/h1-6,8-9,11-12,17-18,22H,7,10,13-14H2/t17-,18-/m0/s1. The van der Waals surface area contributed by atoms with E-state index in [0.717, 1.165) is 29.9 Å². The van der Waals surface area contributed by atoms with E-state index in [0.29, 0.717) is 6.54 Å². The van der Waals surface area contributed by atoms with Crippen LogP contribution >= 0.6 is 0 Å². The summed E-state index contributed by atoms with van der Waals surface area (Å²) in [6.07, 6.45) is 2.74. The number of hydrogen-bond donors (Lipinski definition) is 1. The number of hydrogen-bond acceptors (Lipinski definition) is 2. The van der Waals surface area contributed by atoms with Crippen molar-refractivity contribution < 1.29 is 10.0 Å².